The summed E-state index contributed by atoms with van der Waals surface area (Å²) in [7, 11) is 0. The number of imidazole rings is 1. The highest BCUT2D eigenvalue weighted by atomic mass is 16.2. The van der Waals surface area contributed by atoms with Gasteiger partial charge in [-0.1, -0.05) is 30.5 Å². The zero-order valence-electron chi connectivity index (χ0n) is 22.4. The fourth-order valence-electron chi connectivity index (χ4n) is 6.36. The predicted molar refractivity (Wildman–Crippen MR) is 150 cm³/mol. The van der Waals surface area contributed by atoms with Crippen LogP contribution in [-0.4, -0.2) is 61.5 Å². The number of nitrogens with zero attached hydrogens (tertiary/aromatic N) is 5. The molecule has 1 amide bonds. The Labute approximate surface area is 224 Å². The summed E-state index contributed by atoms with van der Waals surface area (Å²) in [4.78, 5) is 29.7. The molecular formula is C29H40N8O. The predicted octanol–water partition coefficient (Wildman–Crippen LogP) is 4.65. The lowest BCUT2D eigenvalue weighted by molar-refractivity contribution is 0.0718. The minimum Gasteiger partial charge on any atom is -0.365 e. The topological polar surface area (TPSA) is 114 Å². The number of benzene rings is 1. The van der Waals surface area contributed by atoms with Crippen LogP contribution in [0.3, 0.4) is 0 Å². The first-order valence-corrected chi connectivity index (χ1v) is 14.4. The van der Waals surface area contributed by atoms with E-state index in [1.807, 2.05) is 42.4 Å². The van der Waals surface area contributed by atoms with Gasteiger partial charge in [-0.3, -0.25) is 4.79 Å². The molecule has 1 saturated heterocycles. The third kappa shape index (κ3) is 5.34. The Bertz CT molecular complexity index is 1270. The molecule has 0 unspecified atom stereocenters. The summed E-state index contributed by atoms with van der Waals surface area (Å²) in [6, 6.07) is 9.20. The number of anilines is 2. The van der Waals surface area contributed by atoms with Crippen molar-refractivity contribution in [1.29, 1.82) is 0 Å². The number of fused-ring (bicyclic) bond motifs is 1. The van der Waals surface area contributed by atoms with Gasteiger partial charge in [-0.15, -0.1) is 0 Å². The average Bonchev–Trinajstić information content (AvgIpc) is 3.60. The second-order valence-corrected chi connectivity index (χ2v) is 11.5. The van der Waals surface area contributed by atoms with Gasteiger partial charge in [0.1, 0.15) is 0 Å². The number of nitrogens with two attached hydrogens (primary N) is 1. The number of nitrogens with one attached hydrogen (secondary N) is 2. The molecule has 38 heavy (non-hydrogen) atoms. The van der Waals surface area contributed by atoms with Crippen molar-refractivity contribution in [3.8, 4) is 0 Å². The van der Waals surface area contributed by atoms with E-state index in [1.54, 1.807) is 0 Å². The standard InChI is InChI=1S/C29H40N8O/c1-19-5-4-6-20(17-19)28(38)36-15-13-23(14-16-36)32-26-25-27(37(18-31-25)24-7-2-3-8-24)35-29(34-26)33-22-11-9-21(30)10-12-22/h4-6,17-18,21-24H,2-3,7-16,30H2,1H3,(H2,32,33,34,35)/t21-,22-. The number of carbonyl (C=O) groups is 1. The average molecular weight is 517 g/mol. The molecule has 0 spiro atoms. The van der Waals surface area contributed by atoms with Crippen LogP contribution in [0.1, 0.15) is 86.2 Å². The van der Waals surface area contributed by atoms with Gasteiger partial charge in [0.2, 0.25) is 5.95 Å². The van der Waals surface area contributed by atoms with Crippen LogP contribution in [0, 0.1) is 6.92 Å². The van der Waals surface area contributed by atoms with E-state index in [9.17, 15) is 4.79 Å². The highest BCUT2D eigenvalue weighted by Gasteiger charge is 2.27. The second-order valence-electron chi connectivity index (χ2n) is 11.5. The Balaban J connectivity index is 1.19. The fraction of sp³-hybridized carbons (Fsp3) is 0.586. The van der Waals surface area contributed by atoms with Gasteiger partial charge in [0, 0.05) is 42.8 Å². The number of likely N-dealkylation sites (tertiary alicyclic amines) is 1. The number of aryl methyl sites for hydroxylation is 1. The van der Waals surface area contributed by atoms with Crippen LogP contribution in [0.5, 0.6) is 0 Å². The highest BCUT2D eigenvalue weighted by molar-refractivity contribution is 5.94. The molecular weight excluding hydrogens is 476 g/mol. The zero-order chi connectivity index (χ0) is 26.1. The first-order chi connectivity index (χ1) is 18.5. The van der Waals surface area contributed by atoms with E-state index in [1.165, 1.54) is 25.7 Å². The minimum absolute atomic E-state index is 0.116. The molecule has 1 aliphatic heterocycles. The van der Waals surface area contributed by atoms with E-state index in [2.05, 4.69) is 15.2 Å². The van der Waals surface area contributed by atoms with E-state index >= 15 is 0 Å². The van der Waals surface area contributed by atoms with Crippen molar-refractivity contribution in [1.82, 2.24) is 24.4 Å². The molecule has 2 aliphatic carbocycles. The van der Waals surface area contributed by atoms with Crippen LogP contribution >= 0.6 is 0 Å². The highest BCUT2D eigenvalue weighted by Crippen LogP contribution is 2.34. The van der Waals surface area contributed by atoms with E-state index in [0.29, 0.717) is 24.1 Å². The summed E-state index contributed by atoms with van der Waals surface area (Å²) in [6.07, 6.45) is 12.7. The van der Waals surface area contributed by atoms with E-state index in [0.717, 1.165) is 79.7 Å². The van der Waals surface area contributed by atoms with Crippen LogP contribution < -0.4 is 16.4 Å². The smallest absolute Gasteiger partial charge is 0.253 e. The number of rotatable bonds is 6. The van der Waals surface area contributed by atoms with Crippen molar-refractivity contribution in [3.05, 3.63) is 41.7 Å². The second kappa shape index (κ2) is 10.9. The van der Waals surface area contributed by atoms with Gasteiger partial charge in [0.15, 0.2) is 17.0 Å². The first-order valence-electron chi connectivity index (χ1n) is 14.4. The van der Waals surface area contributed by atoms with Crippen molar-refractivity contribution in [2.45, 2.75) is 95.3 Å². The van der Waals surface area contributed by atoms with Crippen molar-refractivity contribution < 1.29 is 4.79 Å². The maximum absolute atomic E-state index is 13.0. The molecule has 0 atom stereocenters. The molecule has 0 bridgehead atoms. The maximum Gasteiger partial charge on any atom is 0.253 e. The van der Waals surface area contributed by atoms with Crippen LogP contribution in [0.15, 0.2) is 30.6 Å². The quantitative estimate of drug-likeness (QED) is 0.437. The molecule has 3 heterocycles. The van der Waals surface area contributed by atoms with Crippen LogP contribution in [0.2, 0.25) is 0 Å². The number of piperidine rings is 1. The summed E-state index contributed by atoms with van der Waals surface area (Å²) in [5, 5.41) is 7.31. The summed E-state index contributed by atoms with van der Waals surface area (Å²) in [6.45, 7) is 3.47. The maximum atomic E-state index is 13.0. The largest absolute Gasteiger partial charge is 0.365 e. The Morgan fingerprint density at radius 2 is 1.68 bits per heavy atom. The summed E-state index contributed by atoms with van der Waals surface area (Å²) >= 11 is 0. The number of aromatic nitrogens is 4. The van der Waals surface area contributed by atoms with E-state index < -0.39 is 0 Å². The lowest BCUT2D eigenvalue weighted by Gasteiger charge is -2.33. The monoisotopic (exact) mass is 516 g/mol. The lowest BCUT2D eigenvalue weighted by Crippen LogP contribution is -2.42. The van der Waals surface area contributed by atoms with E-state index in [4.69, 9.17) is 20.7 Å². The Hall–Kier alpha value is -3.20. The Kier molecular flexibility index (Phi) is 7.19. The van der Waals surface area contributed by atoms with Gasteiger partial charge in [-0.25, -0.2) is 4.98 Å². The molecule has 3 fully saturated rings. The van der Waals surface area contributed by atoms with Crippen molar-refractivity contribution >= 4 is 28.8 Å². The first kappa shape index (κ1) is 25.1. The normalized spacial score (nSPS) is 23.2. The Morgan fingerprint density at radius 1 is 0.947 bits per heavy atom. The van der Waals surface area contributed by atoms with Crippen molar-refractivity contribution in [3.63, 3.8) is 0 Å². The molecule has 3 aromatic rings. The SMILES string of the molecule is Cc1cccc(C(=O)N2CCC(Nc3nc(N[C@H]4CC[C@H](N)CC4)nc4c3ncn4C3CCCC3)CC2)c1. The molecule has 2 saturated carbocycles. The molecule has 2 aromatic heterocycles. The van der Waals surface area contributed by atoms with Gasteiger partial charge >= 0.3 is 0 Å². The van der Waals surface area contributed by atoms with Gasteiger partial charge in [0.25, 0.3) is 5.91 Å². The third-order valence-corrected chi connectivity index (χ3v) is 8.63. The molecule has 6 rings (SSSR count). The summed E-state index contributed by atoms with van der Waals surface area (Å²) in [5.41, 5.74) is 9.76. The number of hydrogen-bond donors (Lipinski definition) is 3. The number of amides is 1. The fourth-order valence-corrected chi connectivity index (χ4v) is 6.36. The Morgan fingerprint density at radius 3 is 2.42 bits per heavy atom. The molecule has 4 N–H and O–H groups in total. The molecule has 3 aliphatic rings. The molecule has 202 valence electrons. The third-order valence-electron chi connectivity index (χ3n) is 8.63. The molecule has 9 nitrogen and oxygen atoms in total. The number of hydrogen-bond acceptors (Lipinski definition) is 7. The van der Waals surface area contributed by atoms with Gasteiger partial charge < -0.3 is 25.8 Å². The summed E-state index contributed by atoms with van der Waals surface area (Å²) < 4.78 is 2.26. The van der Waals surface area contributed by atoms with Crippen LogP contribution in [0.25, 0.3) is 11.2 Å². The molecule has 9 heteroatoms. The summed E-state index contributed by atoms with van der Waals surface area (Å²) in [5.74, 6) is 1.59. The number of carbonyl (C=O) groups excluding carboxylic acids is 1. The lowest BCUT2D eigenvalue weighted by atomic mass is 9.92. The van der Waals surface area contributed by atoms with Gasteiger partial charge in [-0.05, 0) is 70.4 Å². The van der Waals surface area contributed by atoms with Crippen molar-refractivity contribution in [2.75, 3.05) is 23.7 Å². The molecule has 0 radical (unpaired) electrons. The molecule has 1 aromatic carbocycles. The minimum atomic E-state index is 0.116. The van der Waals surface area contributed by atoms with E-state index in [-0.39, 0.29) is 11.9 Å². The van der Waals surface area contributed by atoms with Crippen molar-refractivity contribution in [2.24, 2.45) is 5.73 Å². The van der Waals surface area contributed by atoms with Crippen LogP contribution in [0.4, 0.5) is 11.8 Å². The van der Waals surface area contributed by atoms with Crippen LogP contribution in [-0.2, 0) is 0 Å². The zero-order valence-corrected chi connectivity index (χ0v) is 22.4. The van der Waals surface area contributed by atoms with Gasteiger partial charge in [0.05, 0.1) is 6.33 Å². The van der Waals surface area contributed by atoms with Gasteiger partial charge in [-0.2, -0.15) is 9.97 Å².